The fourth-order valence-corrected chi connectivity index (χ4v) is 2.69. The van der Waals surface area contributed by atoms with Gasteiger partial charge in [0.1, 0.15) is 0 Å². The first-order chi connectivity index (χ1) is 9.75. The van der Waals surface area contributed by atoms with Crippen molar-refractivity contribution in [2.45, 2.75) is 12.5 Å². The number of rotatable bonds is 3. The van der Waals surface area contributed by atoms with Crippen molar-refractivity contribution in [1.82, 2.24) is 4.98 Å². The van der Waals surface area contributed by atoms with Crippen LogP contribution in [0.5, 0.6) is 0 Å². The van der Waals surface area contributed by atoms with Crippen molar-refractivity contribution in [3.63, 3.8) is 0 Å². The van der Waals surface area contributed by atoms with Crippen LogP contribution in [-0.4, -0.2) is 4.98 Å². The van der Waals surface area contributed by atoms with E-state index >= 15 is 0 Å². The molecule has 0 aliphatic rings. The van der Waals surface area contributed by atoms with E-state index in [4.69, 9.17) is 17.3 Å². The van der Waals surface area contributed by atoms with Crippen molar-refractivity contribution in [2.24, 2.45) is 5.73 Å². The summed E-state index contributed by atoms with van der Waals surface area (Å²) in [4.78, 5) is 4.00. The highest BCUT2D eigenvalue weighted by Gasteiger charge is 2.12. The number of halogens is 1. The van der Waals surface area contributed by atoms with Crippen LogP contribution in [0.15, 0.2) is 60.9 Å². The first-order valence-electron chi connectivity index (χ1n) is 6.57. The maximum Gasteiger partial charge on any atom is 0.0622 e. The molecule has 2 nitrogen and oxygen atoms in total. The predicted molar refractivity (Wildman–Crippen MR) is 83.8 cm³/mol. The molecule has 100 valence electrons. The summed E-state index contributed by atoms with van der Waals surface area (Å²) in [7, 11) is 0. The van der Waals surface area contributed by atoms with E-state index in [0.717, 1.165) is 11.1 Å². The van der Waals surface area contributed by atoms with E-state index in [9.17, 15) is 0 Å². The Hall–Kier alpha value is -1.90. The monoisotopic (exact) mass is 282 g/mol. The standard InChI is InChI=1S/C17H15ClN2/c18-16-11-20-9-8-13(16)10-17(19)15-7-3-5-12-4-1-2-6-14(12)15/h1-9,11,17H,10,19H2. The maximum atomic E-state index is 6.38. The number of nitrogens with two attached hydrogens (primary N) is 1. The predicted octanol–water partition coefficient (Wildman–Crippen LogP) is 4.13. The fourth-order valence-electron chi connectivity index (χ4n) is 2.49. The van der Waals surface area contributed by atoms with E-state index in [1.807, 2.05) is 24.3 Å². The van der Waals surface area contributed by atoms with E-state index in [0.29, 0.717) is 11.4 Å². The van der Waals surface area contributed by atoms with Gasteiger partial charge < -0.3 is 5.73 Å². The topological polar surface area (TPSA) is 38.9 Å². The third kappa shape index (κ3) is 2.53. The lowest BCUT2D eigenvalue weighted by Crippen LogP contribution is -2.14. The summed E-state index contributed by atoms with van der Waals surface area (Å²) < 4.78 is 0. The van der Waals surface area contributed by atoms with Gasteiger partial charge in [0.05, 0.1) is 5.02 Å². The quantitative estimate of drug-likeness (QED) is 0.784. The molecule has 0 fully saturated rings. The maximum absolute atomic E-state index is 6.38. The summed E-state index contributed by atoms with van der Waals surface area (Å²) in [6, 6.07) is 16.4. The van der Waals surface area contributed by atoms with Gasteiger partial charge in [-0.1, -0.05) is 54.1 Å². The fraction of sp³-hybridized carbons (Fsp3) is 0.118. The summed E-state index contributed by atoms with van der Waals surface area (Å²) in [5, 5.41) is 3.08. The highest BCUT2D eigenvalue weighted by molar-refractivity contribution is 6.31. The minimum atomic E-state index is -0.0824. The molecule has 0 spiro atoms. The van der Waals surface area contributed by atoms with Crippen molar-refractivity contribution in [3.8, 4) is 0 Å². The molecule has 0 aliphatic heterocycles. The Balaban J connectivity index is 1.97. The van der Waals surface area contributed by atoms with Gasteiger partial charge in [0, 0.05) is 18.4 Å². The Morgan fingerprint density at radius 3 is 2.70 bits per heavy atom. The van der Waals surface area contributed by atoms with Crippen molar-refractivity contribution in [3.05, 3.63) is 77.1 Å². The average molecular weight is 283 g/mol. The largest absolute Gasteiger partial charge is 0.324 e. The van der Waals surface area contributed by atoms with Gasteiger partial charge in [-0.15, -0.1) is 0 Å². The number of hydrogen-bond acceptors (Lipinski definition) is 2. The van der Waals surface area contributed by atoms with Gasteiger partial charge in [-0.2, -0.15) is 0 Å². The Morgan fingerprint density at radius 2 is 1.85 bits per heavy atom. The first-order valence-corrected chi connectivity index (χ1v) is 6.95. The third-order valence-corrected chi connectivity index (χ3v) is 3.86. The van der Waals surface area contributed by atoms with Crippen LogP contribution in [0.2, 0.25) is 5.02 Å². The molecule has 0 bridgehead atoms. The number of pyridine rings is 1. The molecule has 20 heavy (non-hydrogen) atoms. The molecule has 0 saturated heterocycles. The van der Waals surface area contributed by atoms with Crippen LogP contribution in [-0.2, 0) is 6.42 Å². The van der Waals surface area contributed by atoms with Crippen LogP contribution >= 0.6 is 11.6 Å². The molecular weight excluding hydrogens is 268 g/mol. The van der Waals surface area contributed by atoms with Gasteiger partial charge in [-0.05, 0) is 34.4 Å². The molecule has 0 saturated carbocycles. The van der Waals surface area contributed by atoms with Crippen molar-refractivity contribution >= 4 is 22.4 Å². The summed E-state index contributed by atoms with van der Waals surface area (Å²) in [6.45, 7) is 0. The molecule has 1 unspecified atom stereocenters. The minimum absolute atomic E-state index is 0.0824. The zero-order valence-electron chi connectivity index (χ0n) is 11.0. The molecule has 0 radical (unpaired) electrons. The van der Waals surface area contributed by atoms with Gasteiger partial charge in [0.15, 0.2) is 0 Å². The lowest BCUT2D eigenvalue weighted by molar-refractivity contribution is 0.727. The molecule has 1 heterocycles. The SMILES string of the molecule is NC(Cc1ccncc1Cl)c1cccc2ccccc12. The number of nitrogens with zero attached hydrogens (tertiary/aromatic N) is 1. The number of benzene rings is 2. The Labute approximate surface area is 123 Å². The number of fused-ring (bicyclic) bond motifs is 1. The normalized spacial score (nSPS) is 12.5. The van der Waals surface area contributed by atoms with Gasteiger partial charge in [-0.3, -0.25) is 4.98 Å². The van der Waals surface area contributed by atoms with Gasteiger partial charge in [-0.25, -0.2) is 0 Å². The second-order valence-corrected chi connectivity index (χ2v) is 5.25. The van der Waals surface area contributed by atoms with Gasteiger partial charge in [0.25, 0.3) is 0 Å². The van der Waals surface area contributed by atoms with Crippen LogP contribution < -0.4 is 5.73 Å². The highest BCUT2D eigenvalue weighted by Crippen LogP contribution is 2.26. The Morgan fingerprint density at radius 1 is 1.05 bits per heavy atom. The van der Waals surface area contributed by atoms with Crippen molar-refractivity contribution in [1.29, 1.82) is 0 Å². The molecule has 1 aromatic heterocycles. The van der Waals surface area contributed by atoms with Crippen LogP contribution in [0.3, 0.4) is 0 Å². The van der Waals surface area contributed by atoms with Crippen LogP contribution in [0.1, 0.15) is 17.2 Å². The zero-order chi connectivity index (χ0) is 13.9. The summed E-state index contributed by atoms with van der Waals surface area (Å²) >= 11 is 6.16. The average Bonchev–Trinajstić information content (AvgIpc) is 2.49. The molecule has 2 N–H and O–H groups in total. The van der Waals surface area contributed by atoms with E-state index in [1.54, 1.807) is 12.4 Å². The lowest BCUT2D eigenvalue weighted by Gasteiger charge is -2.15. The van der Waals surface area contributed by atoms with Crippen molar-refractivity contribution in [2.75, 3.05) is 0 Å². The summed E-state index contributed by atoms with van der Waals surface area (Å²) in [5.41, 5.74) is 8.56. The molecule has 1 atom stereocenters. The van der Waals surface area contributed by atoms with E-state index < -0.39 is 0 Å². The highest BCUT2D eigenvalue weighted by atomic mass is 35.5. The van der Waals surface area contributed by atoms with Crippen LogP contribution in [0, 0.1) is 0 Å². The molecule has 3 rings (SSSR count). The molecule has 3 heteroatoms. The summed E-state index contributed by atoms with van der Waals surface area (Å²) in [6.07, 6.45) is 4.11. The molecule has 3 aromatic rings. The number of hydrogen-bond donors (Lipinski definition) is 1. The van der Waals surface area contributed by atoms with Crippen LogP contribution in [0.25, 0.3) is 10.8 Å². The zero-order valence-corrected chi connectivity index (χ0v) is 11.7. The molecule has 0 amide bonds. The van der Waals surface area contributed by atoms with E-state index in [-0.39, 0.29) is 6.04 Å². The second-order valence-electron chi connectivity index (χ2n) is 4.85. The minimum Gasteiger partial charge on any atom is -0.324 e. The van der Waals surface area contributed by atoms with E-state index in [2.05, 4.69) is 29.2 Å². The second kappa shape index (κ2) is 5.61. The van der Waals surface area contributed by atoms with Gasteiger partial charge in [0.2, 0.25) is 0 Å². The Kier molecular flexibility index (Phi) is 3.68. The molecular formula is C17H15ClN2. The lowest BCUT2D eigenvalue weighted by atomic mass is 9.95. The third-order valence-electron chi connectivity index (χ3n) is 3.52. The first kappa shape index (κ1) is 13.1. The van der Waals surface area contributed by atoms with Gasteiger partial charge >= 0.3 is 0 Å². The molecule has 2 aromatic carbocycles. The summed E-state index contributed by atoms with van der Waals surface area (Å²) in [5.74, 6) is 0. The smallest absolute Gasteiger partial charge is 0.0622 e. The Bertz CT molecular complexity index is 734. The molecule has 0 aliphatic carbocycles. The van der Waals surface area contributed by atoms with Crippen LogP contribution in [0.4, 0.5) is 0 Å². The van der Waals surface area contributed by atoms with E-state index in [1.165, 1.54) is 10.8 Å². The van der Waals surface area contributed by atoms with Crippen molar-refractivity contribution < 1.29 is 0 Å². The number of aromatic nitrogens is 1.